The zero-order chi connectivity index (χ0) is 8.20. The van der Waals surface area contributed by atoms with Crippen LogP contribution in [0.1, 0.15) is 20.8 Å². The van der Waals surface area contributed by atoms with Gasteiger partial charge in [-0.2, -0.15) is 17.0 Å². The summed E-state index contributed by atoms with van der Waals surface area (Å²) in [4.78, 5) is 0. The molecule has 0 saturated heterocycles. The van der Waals surface area contributed by atoms with Crippen molar-refractivity contribution in [3.63, 3.8) is 0 Å². The molecule has 0 heterocycles. The Balaban J connectivity index is 3.60. The second kappa shape index (κ2) is 3.85. The molecule has 0 aromatic carbocycles. The molecule has 58 valence electrons. The molecule has 0 saturated carbocycles. The van der Waals surface area contributed by atoms with Gasteiger partial charge in [-0.25, -0.2) is 0 Å². The van der Waals surface area contributed by atoms with Gasteiger partial charge in [0, 0.05) is 5.75 Å². The Morgan fingerprint density at radius 3 is 2.50 bits per heavy atom. The van der Waals surface area contributed by atoms with Crippen LogP contribution in [-0.4, -0.2) is 16.5 Å². The lowest BCUT2D eigenvalue weighted by Gasteiger charge is -2.15. The molecule has 1 atom stereocenters. The van der Waals surface area contributed by atoms with Crippen molar-refractivity contribution in [2.45, 2.75) is 31.6 Å². The second-order valence-electron chi connectivity index (χ2n) is 2.89. The minimum absolute atomic E-state index is 0.552. The standard InChI is InChI=1S/C7H14N2S/c1-6(2)10-5-7(3,9)4-8/h6H,5,9H2,1-3H3. The highest BCUT2D eigenvalue weighted by atomic mass is 32.2. The van der Waals surface area contributed by atoms with Gasteiger partial charge in [-0.05, 0) is 12.2 Å². The summed E-state index contributed by atoms with van der Waals surface area (Å²) in [5, 5.41) is 9.07. The zero-order valence-electron chi connectivity index (χ0n) is 6.72. The van der Waals surface area contributed by atoms with Gasteiger partial charge in [0.15, 0.2) is 0 Å². The highest BCUT2D eigenvalue weighted by molar-refractivity contribution is 7.99. The SMILES string of the molecule is CC(C)SCC(C)(N)C#N. The molecule has 0 aromatic heterocycles. The van der Waals surface area contributed by atoms with Gasteiger partial charge in [-0.1, -0.05) is 13.8 Å². The maximum absolute atomic E-state index is 8.52. The number of hydrogen-bond acceptors (Lipinski definition) is 3. The normalized spacial score (nSPS) is 16.4. The first-order chi connectivity index (χ1) is 4.48. The average molecular weight is 158 g/mol. The van der Waals surface area contributed by atoms with Gasteiger partial charge in [0.2, 0.25) is 0 Å². The smallest absolute Gasteiger partial charge is 0.110 e. The molecule has 0 radical (unpaired) electrons. The highest BCUT2D eigenvalue weighted by Gasteiger charge is 2.17. The monoisotopic (exact) mass is 158 g/mol. The van der Waals surface area contributed by atoms with Crippen molar-refractivity contribution in [3.05, 3.63) is 0 Å². The maximum Gasteiger partial charge on any atom is 0.110 e. The molecule has 0 spiro atoms. The van der Waals surface area contributed by atoms with E-state index in [1.165, 1.54) is 0 Å². The van der Waals surface area contributed by atoms with Gasteiger partial charge in [-0.3, -0.25) is 0 Å². The summed E-state index contributed by atoms with van der Waals surface area (Å²) in [5.74, 6) is 0.709. The van der Waals surface area contributed by atoms with Gasteiger partial charge in [0.05, 0.1) is 6.07 Å². The largest absolute Gasteiger partial charge is 0.313 e. The van der Waals surface area contributed by atoms with Crippen molar-refractivity contribution in [1.29, 1.82) is 5.26 Å². The Morgan fingerprint density at radius 1 is 1.70 bits per heavy atom. The number of rotatable bonds is 3. The van der Waals surface area contributed by atoms with Crippen molar-refractivity contribution < 1.29 is 0 Å². The quantitative estimate of drug-likeness (QED) is 0.675. The van der Waals surface area contributed by atoms with E-state index in [0.29, 0.717) is 11.0 Å². The Kier molecular flexibility index (Phi) is 3.77. The van der Waals surface area contributed by atoms with Crippen molar-refractivity contribution in [1.82, 2.24) is 0 Å². The molecular weight excluding hydrogens is 144 g/mol. The number of nitriles is 1. The van der Waals surface area contributed by atoms with Gasteiger partial charge in [0.25, 0.3) is 0 Å². The first-order valence-electron chi connectivity index (χ1n) is 3.29. The lowest BCUT2D eigenvalue weighted by atomic mass is 10.1. The van der Waals surface area contributed by atoms with E-state index in [9.17, 15) is 0 Å². The van der Waals surface area contributed by atoms with Crippen molar-refractivity contribution in [3.8, 4) is 6.07 Å². The van der Waals surface area contributed by atoms with Crippen LogP contribution in [0.15, 0.2) is 0 Å². The molecule has 0 aromatic rings. The second-order valence-corrected chi connectivity index (χ2v) is 4.45. The number of thioether (sulfide) groups is 1. The first-order valence-corrected chi connectivity index (χ1v) is 4.34. The van der Waals surface area contributed by atoms with Crippen LogP contribution in [0.4, 0.5) is 0 Å². The minimum Gasteiger partial charge on any atom is -0.313 e. The minimum atomic E-state index is -0.658. The van der Waals surface area contributed by atoms with Crippen LogP contribution < -0.4 is 5.73 Å². The summed E-state index contributed by atoms with van der Waals surface area (Å²) in [6.45, 7) is 5.94. The third-order valence-electron chi connectivity index (χ3n) is 0.972. The molecule has 10 heavy (non-hydrogen) atoms. The van der Waals surface area contributed by atoms with Gasteiger partial charge in [0.1, 0.15) is 5.54 Å². The third-order valence-corrected chi connectivity index (χ3v) is 2.40. The first kappa shape index (κ1) is 9.80. The maximum atomic E-state index is 8.52. The average Bonchev–Trinajstić information content (AvgIpc) is 1.85. The molecule has 3 heteroatoms. The highest BCUT2D eigenvalue weighted by Crippen LogP contribution is 2.14. The predicted molar refractivity (Wildman–Crippen MR) is 45.8 cm³/mol. The van der Waals surface area contributed by atoms with Crippen LogP contribution in [0.2, 0.25) is 0 Å². The summed E-state index contributed by atoms with van der Waals surface area (Å²) in [6, 6.07) is 2.05. The van der Waals surface area contributed by atoms with E-state index >= 15 is 0 Å². The fraction of sp³-hybridized carbons (Fsp3) is 0.857. The third kappa shape index (κ3) is 4.66. The molecule has 0 aliphatic heterocycles. The van der Waals surface area contributed by atoms with E-state index in [4.69, 9.17) is 11.0 Å². The summed E-state index contributed by atoms with van der Waals surface area (Å²) < 4.78 is 0. The van der Waals surface area contributed by atoms with Crippen LogP contribution in [0.3, 0.4) is 0 Å². The molecule has 0 bridgehead atoms. The molecule has 0 fully saturated rings. The topological polar surface area (TPSA) is 49.8 Å². The Hall–Kier alpha value is -0.200. The van der Waals surface area contributed by atoms with E-state index < -0.39 is 5.54 Å². The van der Waals surface area contributed by atoms with Gasteiger partial charge in [-0.15, -0.1) is 0 Å². The summed E-state index contributed by atoms with van der Waals surface area (Å²) in [7, 11) is 0. The summed E-state index contributed by atoms with van der Waals surface area (Å²) in [6.07, 6.45) is 0. The zero-order valence-corrected chi connectivity index (χ0v) is 7.53. The Labute approximate surface area is 66.8 Å². The summed E-state index contributed by atoms with van der Waals surface area (Å²) >= 11 is 1.72. The summed E-state index contributed by atoms with van der Waals surface area (Å²) in [5.41, 5.74) is 4.92. The van der Waals surface area contributed by atoms with E-state index in [2.05, 4.69) is 19.9 Å². The molecule has 2 nitrogen and oxygen atoms in total. The van der Waals surface area contributed by atoms with Crippen molar-refractivity contribution in [2.24, 2.45) is 5.73 Å². The van der Waals surface area contributed by atoms with Crippen LogP contribution in [0.5, 0.6) is 0 Å². The molecular formula is C7H14N2S. The molecule has 0 aliphatic carbocycles. The van der Waals surface area contributed by atoms with Gasteiger partial charge < -0.3 is 5.73 Å². The Morgan fingerprint density at radius 2 is 2.20 bits per heavy atom. The number of nitrogens with zero attached hydrogens (tertiary/aromatic N) is 1. The Bertz CT molecular complexity index is 135. The molecule has 1 unspecified atom stereocenters. The lowest BCUT2D eigenvalue weighted by molar-refractivity contribution is 0.681. The van der Waals surface area contributed by atoms with Crippen molar-refractivity contribution >= 4 is 11.8 Å². The lowest BCUT2D eigenvalue weighted by Crippen LogP contribution is -2.37. The van der Waals surface area contributed by atoms with E-state index in [1.54, 1.807) is 18.7 Å². The number of nitrogens with two attached hydrogens (primary N) is 1. The predicted octanol–water partition coefficient (Wildman–Crippen LogP) is 1.37. The van der Waals surface area contributed by atoms with Crippen LogP contribution in [-0.2, 0) is 0 Å². The van der Waals surface area contributed by atoms with E-state index in [1.807, 2.05) is 0 Å². The number of hydrogen-bond donors (Lipinski definition) is 1. The van der Waals surface area contributed by atoms with E-state index in [-0.39, 0.29) is 0 Å². The van der Waals surface area contributed by atoms with Crippen LogP contribution in [0.25, 0.3) is 0 Å². The van der Waals surface area contributed by atoms with Crippen molar-refractivity contribution in [2.75, 3.05) is 5.75 Å². The van der Waals surface area contributed by atoms with E-state index in [0.717, 1.165) is 0 Å². The van der Waals surface area contributed by atoms with Gasteiger partial charge >= 0.3 is 0 Å². The molecule has 0 aliphatic rings. The molecule has 2 N–H and O–H groups in total. The fourth-order valence-electron chi connectivity index (χ4n) is 0.372. The molecule has 0 rings (SSSR count). The molecule has 0 amide bonds. The van der Waals surface area contributed by atoms with Crippen LogP contribution in [0, 0.1) is 11.3 Å². The van der Waals surface area contributed by atoms with Crippen LogP contribution >= 0.6 is 11.8 Å². The fourth-order valence-corrected chi connectivity index (χ4v) is 1.12.